The maximum Gasteiger partial charge on any atom is 0.490 e. The van der Waals surface area contributed by atoms with Crippen LogP contribution in [0.15, 0.2) is 54.6 Å². The van der Waals surface area contributed by atoms with Crippen LogP contribution in [0.2, 0.25) is 0 Å². The number of halogens is 3. The van der Waals surface area contributed by atoms with E-state index < -0.39 is 12.1 Å². The molecule has 0 radical (unpaired) electrons. The number of aromatic nitrogens is 2. The number of carboxylic acids is 1. The van der Waals surface area contributed by atoms with Crippen LogP contribution in [0.1, 0.15) is 22.4 Å². The molecule has 1 aromatic heterocycles. The molecule has 2 N–H and O–H groups in total. The van der Waals surface area contributed by atoms with Crippen LogP contribution in [-0.4, -0.2) is 52.5 Å². The first kappa shape index (κ1) is 25.5. The molecule has 0 saturated heterocycles. The van der Waals surface area contributed by atoms with Crippen molar-refractivity contribution in [2.45, 2.75) is 19.1 Å². The van der Waals surface area contributed by atoms with Gasteiger partial charge < -0.3 is 9.84 Å². The fourth-order valence-electron chi connectivity index (χ4n) is 3.61. The van der Waals surface area contributed by atoms with E-state index in [-0.39, 0.29) is 0 Å². The van der Waals surface area contributed by atoms with Gasteiger partial charge in [-0.1, -0.05) is 42.5 Å². The molecule has 0 fully saturated rings. The SMILES string of the molecule is COc1ccccc1C=CCN1CCc2[nH]nc(-c3cccc(C#N)c3)c2C1.O=C(O)C(F)(F)F. The molecular weight excluding hydrogens is 461 g/mol. The third-order valence-corrected chi connectivity index (χ3v) is 5.32. The lowest BCUT2D eigenvalue weighted by Crippen LogP contribution is -2.30. The number of benzene rings is 2. The summed E-state index contributed by atoms with van der Waals surface area (Å²) in [6.07, 6.45) is 0.155. The summed E-state index contributed by atoms with van der Waals surface area (Å²) in [7, 11) is 1.70. The number of aliphatic carboxylic acids is 1. The van der Waals surface area contributed by atoms with E-state index in [9.17, 15) is 13.2 Å². The zero-order chi connectivity index (χ0) is 25.4. The molecule has 3 aromatic rings. The number of para-hydroxylation sites is 1. The molecule has 182 valence electrons. The second kappa shape index (κ2) is 11.4. The van der Waals surface area contributed by atoms with Crippen molar-refractivity contribution in [3.63, 3.8) is 0 Å². The summed E-state index contributed by atoms with van der Waals surface area (Å²) in [4.78, 5) is 11.3. The van der Waals surface area contributed by atoms with Crippen LogP contribution in [-0.2, 0) is 17.8 Å². The molecule has 0 bridgehead atoms. The van der Waals surface area contributed by atoms with E-state index in [0.717, 1.165) is 48.6 Å². The Labute approximate surface area is 200 Å². The van der Waals surface area contributed by atoms with Crippen molar-refractivity contribution in [2.24, 2.45) is 0 Å². The van der Waals surface area contributed by atoms with Gasteiger partial charge in [0.25, 0.3) is 0 Å². The molecule has 35 heavy (non-hydrogen) atoms. The van der Waals surface area contributed by atoms with Crippen LogP contribution in [0.25, 0.3) is 17.3 Å². The van der Waals surface area contributed by atoms with Gasteiger partial charge in [0.1, 0.15) is 5.75 Å². The number of nitrogens with one attached hydrogen (secondary N) is 1. The number of nitrogens with zero attached hydrogens (tertiary/aromatic N) is 3. The number of hydrogen-bond donors (Lipinski definition) is 2. The van der Waals surface area contributed by atoms with Crippen LogP contribution in [0.5, 0.6) is 5.75 Å². The molecule has 0 atom stereocenters. The maximum atomic E-state index is 10.6. The fraction of sp³-hybridized carbons (Fsp3) is 0.240. The van der Waals surface area contributed by atoms with Gasteiger partial charge in [0.15, 0.2) is 0 Å². The third kappa shape index (κ3) is 6.71. The van der Waals surface area contributed by atoms with E-state index in [2.05, 4.69) is 39.4 Å². The van der Waals surface area contributed by atoms with Gasteiger partial charge in [-0.3, -0.25) is 10.00 Å². The summed E-state index contributed by atoms with van der Waals surface area (Å²) in [6.45, 7) is 2.69. The van der Waals surface area contributed by atoms with Crippen LogP contribution in [0.3, 0.4) is 0 Å². The molecule has 2 heterocycles. The van der Waals surface area contributed by atoms with Crippen LogP contribution in [0.4, 0.5) is 13.2 Å². The molecule has 2 aromatic carbocycles. The highest BCUT2D eigenvalue weighted by Gasteiger charge is 2.38. The number of carbonyl (C=O) groups is 1. The largest absolute Gasteiger partial charge is 0.496 e. The Hall–Kier alpha value is -4.10. The number of alkyl halides is 3. The lowest BCUT2D eigenvalue weighted by molar-refractivity contribution is -0.192. The normalized spacial score (nSPS) is 13.5. The minimum Gasteiger partial charge on any atom is -0.496 e. The molecule has 0 spiro atoms. The van der Waals surface area contributed by atoms with Crippen molar-refractivity contribution >= 4 is 12.0 Å². The highest BCUT2D eigenvalue weighted by atomic mass is 19.4. The lowest BCUT2D eigenvalue weighted by atomic mass is 10.00. The Kier molecular flexibility index (Phi) is 8.28. The first-order valence-electron chi connectivity index (χ1n) is 10.6. The highest BCUT2D eigenvalue weighted by molar-refractivity contribution is 5.73. The Morgan fingerprint density at radius 3 is 2.71 bits per heavy atom. The lowest BCUT2D eigenvalue weighted by Gasteiger charge is -2.25. The minimum absolute atomic E-state index is 0.654. The number of fused-ring (bicyclic) bond motifs is 1. The number of hydrogen-bond acceptors (Lipinski definition) is 5. The zero-order valence-corrected chi connectivity index (χ0v) is 18.8. The Balaban J connectivity index is 0.000000429. The number of H-pyrrole nitrogens is 1. The standard InChI is InChI=1S/C23H22N4O.C2HF3O2/c1-28-22-10-3-2-7-18(22)9-5-12-27-13-11-21-20(16-27)23(26-25-21)19-8-4-6-17(14-19)15-24;3-2(4,5)1(6)7/h2-10,14H,11-13,16H2,1H3,(H,25,26);(H,6,7). The number of ether oxygens (including phenoxy) is 1. The van der Waals surface area contributed by atoms with E-state index >= 15 is 0 Å². The number of nitriles is 1. The molecule has 0 amide bonds. The summed E-state index contributed by atoms with van der Waals surface area (Å²) < 4.78 is 37.1. The molecule has 1 aliphatic rings. The predicted molar refractivity (Wildman–Crippen MR) is 123 cm³/mol. The molecule has 4 rings (SSSR count). The van der Waals surface area contributed by atoms with E-state index in [0.29, 0.717) is 5.56 Å². The van der Waals surface area contributed by atoms with Crippen molar-refractivity contribution < 1.29 is 27.8 Å². The predicted octanol–water partition coefficient (Wildman–Crippen LogP) is 4.66. The molecule has 0 aliphatic carbocycles. The second-order valence-corrected chi connectivity index (χ2v) is 7.65. The Morgan fingerprint density at radius 2 is 2.03 bits per heavy atom. The van der Waals surface area contributed by atoms with Gasteiger partial charge in [0, 0.05) is 48.4 Å². The van der Waals surface area contributed by atoms with E-state index in [1.54, 1.807) is 7.11 Å². The van der Waals surface area contributed by atoms with Crippen LogP contribution < -0.4 is 4.74 Å². The number of methoxy groups -OCH3 is 1. The first-order valence-corrected chi connectivity index (χ1v) is 10.6. The third-order valence-electron chi connectivity index (χ3n) is 5.32. The van der Waals surface area contributed by atoms with Gasteiger partial charge in [-0.15, -0.1) is 0 Å². The zero-order valence-electron chi connectivity index (χ0n) is 18.8. The van der Waals surface area contributed by atoms with Crippen molar-refractivity contribution in [2.75, 3.05) is 20.2 Å². The second-order valence-electron chi connectivity index (χ2n) is 7.65. The smallest absolute Gasteiger partial charge is 0.490 e. The van der Waals surface area contributed by atoms with Crippen molar-refractivity contribution in [1.82, 2.24) is 15.1 Å². The summed E-state index contributed by atoms with van der Waals surface area (Å²) in [6, 6.07) is 17.9. The average molecular weight is 484 g/mol. The van der Waals surface area contributed by atoms with Gasteiger partial charge >= 0.3 is 12.1 Å². The molecule has 10 heteroatoms. The average Bonchev–Trinajstić information content (AvgIpc) is 3.27. The van der Waals surface area contributed by atoms with E-state index in [1.165, 1.54) is 11.3 Å². The van der Waals surface area contributed by atoms with E-state index in [1.807, 2.05) is 42.5 Å². The number of rotatable bonds is 5. The van der Waals surface area contributed by atoms with E-state index in [4.69, 9.17) is 19.9 Å². The summed E-state index contributed by atoms with van der Waals surface area (Å²) in [5.41, 5.74) is 6.10. The summed E-state index contributed by atoms with van der Waals surface area (Å²) >= 11 is 0. The fourth-order valence-corrected chi connectivity index (χ4v) is 3.61. The minimum atomic E-state index is -5.08. The monoisotopic (exact) mass is 484 g/mol. The summed E-state index contributed by atoms with van der Waals surface area (Å²) in [5.74, 6) is -1.87. The number of aromatic amines is 1. The molecule has 0 saturated carbocycles. The molecular formula is C25H23F3N4O3. The molecule has 7 nitrogen and oxygen atoms in total. The molecule has 0 unspecified atom stereocenters. The van der Waals surface area contributed by atoms with Gasteiger partial charge in [-0.05, 0) is 18.2 Å². The topological polar surface area (TPSA) is 102 Å². The van der Waals surface area contributed by atoms with Gasteiger partial charge in [-0.25, -0.2) is 4.79 Å². The van der Waals surface area contributed by atoms with Crippen LogP contribution >= 0.6 is 0 Å². The van der Waals surface area contributed by atoms with Gasteiger partial charge in [0.2, 0.25) is 0 Å². The Bertz CT molecular complexity index is 1250. The van der Waals surface area contributed by atoms with Crippen molar-refractivity contribution in [3.8, 4) is 23.1 Å². The Morgan fingerprint density at radius 1 is 1.29 bits per heavy atom. The van der Waals surface area contributed by atoms with Gasteiger partial charge in [-0.2, -0.15) is 23.5 Å². The van der Waals surface area contributed by atoms with Crippen molar-refractivity contribution in [1.29, 1.82) is 5.26 Å². The summed E-state index contributed by atoms with van der Waals surface area (Å²) in [5, 5.41) is 24.0. The molecule has 1 aliphatic heterocycles. The quantitative estimate of drug-likeness (QED) is 0.546. The maximum absolute atomic E-state index is 10.6. The highest BCUT2D eigenvalue weighted by Crippen LogP contribution is 2.29. The number of carboxylic acid groups (broad SMARTS) is 1. The first-order chi connectivity index (χ1) is 16.7. The van der Waals surface area contributed by atoms with Gasteiger partial charge in [0.05, 0.1) is 24.4 Å². The van der Waals surface area contributed by atoms with Crippen molar-refractivity contribution in [3.05, 3.63) is 77.0 Å². The van der Waals surface area contributed by atoms with Crippen LogP contribution in [0, 0.1) is 11.3 Å².